The number of methoxy groups -OCH3 is 1. The van der Waals surface area contributed by atoms with Crippen LogP contribution in [0.1, 0.15) is 63.9 Å². The van der Waals surface area contributed by atoms with Gasteiger partial charge in [0.25, 0.3) is 0 Å². The highest BCUT2D eigenvalue weighted by Gasteiger charge is 2.03. The summed E-state index contributed by atoms with van der Waals surface area (Å²) in [5, 5.41) is 0. The monoisotopic (exact) mass is 292 g/mol. The molecular weight excluding hydrogens is 264 g/mol. The van der Waals surface area contributed by atoms with Crippen LogP contribution in [-0.2, 0) is 11.2 Å². The Balaban J connectivity index is 2.11. The topological polar surface area (TPSA) is 35.5 Å². The minimum absolute atomic E-state index is 0.529. The zero-order valence-corrected chi connectivity index (χ0v) is 13.4. The molecule has 0 aliphatic carbocycles. The van der Waals surface area contributed by atoms with Gasteiger partial charge in [0, 0.05) is 0 Å². The molecule has 0 aliphatic rings. The van der Waals surface area contributed by atoms with E-state index in [-0.39, 0.29) is 0 Å². The molecule has 0 saturated heterocycles. The first-order valence-corrected chi connectivity index (χ1v) is 8.11. The van der Waals surface area contributed by atoms with Gasteiger partial charge in [-0.15, -0.1) is 0 Å². The SMILES string of the molecule is CCCCCCCCCCc1ccc(OC(=O)OC)cc1. The van der Waals surface area contributed by atoms with Crippen molar-refractivity contribution < 1.29 is 14.3 Å². The average molecular weight is 292 g/mol. The highest BCUT2D eigenvalue weighted by molar-refractivity contribution is 5.63. The van der Waals surface area contributed by atoms with Crippen LogP contribution in [-0.4, -0.2) is 13.3 Å². The van der Waals surface area contributed by atoms with Gasteiger partial charge in [-0.05, 0) is 30.5 Å². The van der Waals surface area contributed by atoms with Crippen molar-refractivity contribution in [2.45, 2.75) is 64.7 Å². The maximum atomic E-state index is 11.0. The van der Waals surface area contributed by atoms with Crippen molar-refractivity contribution in [1.29, 1.82) is 0 Å². The molecule has 0 aliphatic heterocycles. The van der Waals surface area contributed by atoms with Gasteiger partial charge in [-0.1, -0.05) is 64.0 Å². The van der Waals surface area contributed by atoms with Crippen LogP contribution in [0.15, 0.2) is 24.3 Å². The predicted molar refractivity (Wildman–Crippen MR) is 85.8 cm³/mol. The Hall–Kier alpha value is -1.51. The second-order valence-electron chi connectivity index (χ2n) is 5.43. The van der Waals surface area contributed by atoms with Crippen molar-refractivity contribution in [3.05, 3.63) is 29.8 Å². The summed E-state index contributed by atoms with van der Waals surface area (Å²) in [5.41, 5.74) is 1.29. The lowest BCUT2D eigenvalue weighted by Crippen LogP contribution is -2.07. The van der Waals surface area contributed by atoms with E-state index in [2.05, 4.69) is 11.7 Å². The molecule has 0 aromatic heterocycles. The normalized spacial score (nSPS) is 10.4. The first kappa shape index (κ1) is 17.5. The van der Waals surface area contributed by atoms with Crippen LogP contribution in [0.3, 0.4) is 0 Å². The molecule has 0 heterocycles. The summed E-state index contributed by atoms with van der Waals surface area (Å²) in [7, 11) is 1.30. The van der Waals surface area contributed by atoms with Crippen LogP contribution < -0.4 is 4.74 Å². The van der Waals surface area contributed by atoms with Crippen molar-refractivity contribution >= 4 is 6.16 Å². The fraction of sp³-hybridized carbons (Fsp3) is 0.611. The van der Waals surface area contributed by atoms with E-state index in [1.165, 1.54) is 64.0 Å². The summed E-state index contributed by atoms with van der Waals surface area (Å²) in [4.78, 5) is 11.0. The van der Waals surface area contributed by atoms with Gasteiger partial charge in [0.15, 0.2) is 0 Å². The maximum absolute atomic E-state index is 11.0. The molecule has 0 radical (unpaired) electrons. The molecular formula is C18H28O3. The number of carbonyl (C=O) groups excluding carboxylic acids is 1. The number of unbranched alkanes of at least 4 members (excludes halogenated alkanes) is 7. The molecule has 0 unspecified atom stereocenters. The molecule has 0 atom stereocenters. The number of benzene rings is 1. The van der Waals surface area contributed by atoms with Crippen LogP contribution in [0.2, 0.25) is 0 Å². The quantitative estimate of drug-likeness (QED) is 0.324. The van der Waals surface area contributed by atoms with Gasteiger partial charge in [-0.25, -0.2) is 4.79 Å². The van der Waals surface area contributed by atoms with Crippen LogP contribution >= 0.6 is 0 Å². The number of ether oxygens (including phenoxy) is 2. The van der Waals surface area contributed by atoms with E-state index in [4.69, 9.17) is 4.74 Å². The Morgan fingerprint density at radius 1 is 0.905 bits per heavy atom. The molecule has 1 aromatic carbocycles. The lowest BCUT2D eigenvalue weighted by Gasteiger charge is -2.05. The zero-order valence-electron chi connectivity index (χ0n) is 13.4. The standard InChI is InChI=1S/C18H28O3/c1-3-4-5-6-7-8-9-10-11-16-12-14-17(15-13-16)21-18(19)20-2/h12-15H,3-11H2,1-2H3. The molecule has 3 heteroatoms. The molecule has 0 saturated carbocycles. The van der Waals surface area contributed by atoms with E-state index in [9.17, 15) is 4.79 Å². The van der Waals surface area contributed by atoms with Crippen LogP contribution in [0.25, 0.3) is 0 Å². The van der Waals surface area contributed by atoms with E-state index in [0.717, 1.165) is 6.42 Å². The lowest BCUT2D eigenvalue weighted by atomic mass is 10.0. The van der Waals surface area contributed by atoms with E-state index in [1.807, 2.05) is 24.3 Å². The molecule has 118 valence electrons. The summed E-state index contributed by atoms with van der Waals surface area (Å²) in [6.45, 7) is 2.25. The number of aryl methyl sites for hydroxylation is 1. The largest absolute Gasteiger partial charge is 0.513 e. The number of hydrogen-bond acceptors (Lipinski definition) is 3. The molecule has 1 rings (SSSR count). The molecule has 1 aromatic rings. The fourth-order valence-corrected chi connectivity index (χ4v) is 2.33. The number of hydrogen-bond donors (Lipinski definition) is 0. The third-order valence-corrected chi connectivity index (χ3v) is 3.61. The van der Waals surface area contributed by atoms with Gasteiger partial charge in [-0.2, -0.15) is 0 Å². The molecule has 0 N–H and O–H groups in total. The van der Waals surface area contributed by atoms with Gasteiger partial charge < -0.3 is 9.47 Å². The number of carbonyl (C=O) groups is 1. The van der Waals surface area contributed by atoms with Gasteiger partial charge in [0.2, 0.25) is 0 Å². The van der Waals surface area contributed by atoms with Crippen LogP contribution in [0, 0.1) is 0 Å². The lowest BCUT2D eigenvalue weighted by molar-refractivity contribution is 0.121. The molecule has 0 spiro atoms. The molecule has 21 heavy (non-hydrogen) atoms. The summed E-state index contributed by atoms with van der Waals surface area (Å²) in [5.74, 6) is 0.529. The average Bonchev–Trinajstić information content (AvgIpc) is 2.51. The Kier molecular flexibility index (Phi) is 9.34. The van der Waals surface area contributed by atoms with E-state index >= 15 is 0 Å². The van der Waals surface area contributed by atoms with Crippen molar-refractivity contribution in [3.63, 3.8) is 0 Å². The summed E-state index contributed by atoms with van der Waals surface area (Å²) >= 11 is 0. The second kappa shape index (κ2) is 11.2. The Labute approximate surface area is 128 Å². The van der Waals surface area contributed by atoms with Crippen molar-refractivity contribution in [2.24, 2.45) is 0 Å². The predicted octanol–water partition coefficient (Wildman–Crippen LogP) is 5.52. The summed E-state index contributed by atoms with van der Waals surface area (Å²) < 4.78 is 9.40. The van der Waals surface area contributed by atoms with Crippen LogP contribution in [0.5, 0.6) is 5.75 Å². The third kappa shape index (κ3) is 8.38. The van der Waals surface area contributed by atoms with E-state index < -0.39 is 6.16 Å². The van der Waals surface area contributed by atoms with E-state index in [0.29, 0.717) is 5.75 Å². The second-order valence-corrected chi connectivity index (χ2v) is 5.43. The van der Waals surface area contributed by atoms with Gasteiger partial charge in [0.1, 0.15) is 5.75 Å². The molecule has 0 fully saturated rings. The minimum Gasteiger partial charge on any atom is -0.437 e. The highest BCUT2D eigenvalue weighted by Crippen LogP contribution is 2.15. The first-order chi connectivity index (χ1) is 10.3. The minimum atomic E-state index is -0.675. The van der Waals surface area contributed by atoms with Crippen molar-refractivity contribution in [1.82, 2.24) is 0 Å². The number of rotatable bonds is 10. The first-order valence-electron chi connectivity index (χ1n) is 8.11. The van der Waals surface area contributed by atoms with Gasteiger partial charge in [0.05, 0.1) is 7.11 Å². The van der Waals surface area contributed by atoms with Crippen molar-refractivity contribution in [2.75, 3.05) is 7.11 Å². The maximum Gasteiger partial charge on any atom is 0.513 e. The van der Waals surface area contributed by atoms with Gasteiger partial charge in [-0.3, -0.25) is 0 Å². The van der Waals surface area contributed by atoms with Crippen LogP contribution in [0.4, 0.5) is 4.79 Å². The van der Waals surface area contributed by atoms with Crippen molar-refractivity contribution in [3.8, 4) is 5.75 Å². The Bertz CT molecular complexity index is 384. The molecule has 0 amide bonds. The highest BCUT2D eigenvalue weighted by atomic mass is 16.7. The van der Waals surface area contributed by atoms with E-state index in [1.54, 1.807) is 0 Å². The summed E-state index contributed by atoms with van der Waals surface area (Å²) in [6, 6.07) is 7.66. The Morgan fingerprint density at radius 3 is 2.05 bits per heavy atom. The fourth-order valence-electron chi connectivity index (χ4n) is 2.33. The zero-order chi connectivity index (χ0) is 15.3. The molecule has 3 nitrogen and oxygen atoms in total. The molecule has 0 bridgehead atoms. The van der Waals surface area contributed by atoms with Gasteiger partial charge >= 0.3 is 6.16 Å². The smallest absolute Gasteiger partial charge is 0.437 e. The summed E-state index contributed by atoms with van der Waals surface area (Å²) in [6.07, 6.45) is 11.1. The Morgan fingerprint density at radius 2 is 1.48 bits per heavy atom. The third-order valence-electron chi connectivity index (χ3n) is 3.61.